The SMILES string of the molecule is CCc1[nH]nc(N)c1-c1ccc(Br)cc1. The molecule has 3 nitrogen and oxygen atoms in total. The first kappa shape index (κ1) is 10.2. The van der Waals surface area contributed by atoms with Gasteiger partial charge in [-0.15, -0.1) is 0 Å². The molecular formula is C11H12BrN3. The fourth-order valence-corrected chi connectivity index (χ4v) is 1.85. The van der Waals surface area contributed by atoms with E-state index in [-0.39, 0.29) is 0 Å². The maximum atomic E-state index is 5.83. The van der Waals surface area contributed by atoms with Crippen LogP contribution in [0.4, 0.5) is 5.82 Å². The number of benzene rings is 1. The number of halogens is 1. The van der Waals surface area contributed by atoms with E-state index in [1.807, 2.05) is 24.3 Å². The summed E-state index contributed by atoms with van der Waals surface area (Å²) in [5.74, 6) is 0.564. The van der Waals surface area contributed by atoms with E-state index in [1.54, 1.807) is 0 Å². The molecule has 0 bridgehead atoms. The zero-order chi connectivity index (χ0) is 10.8. The van der Waals surface area contributed by atoms with Gasteiger partial charge in [-0.2, -0.15) is 5.10 Å². The van der Waals surface area contributed by atoms with Crippen LogP contribution in [0, 0.1) is 0 Å². The fraction of sp³-hybridized carbons (Fsp3) is 0.182. The lowest BCUT2D eigenvalue weighted by molar-refractivity contribution is 0.978. The van der Waals surface area contributed by atoms with Gasteiger partial charge < -0.3 is 5.73 Å². The summed E-state index contributed by atoms with van der Waals surface area (Å²) in [4.78, 5) is 0. The Bertz CT molecular complexity index is 459. The normalized spacial score (nSPS) is 10.5. The number of hydrogen-bond donors (Lipinski definition) is 2. The lowest BCUT2D eigenvalue weighted by atomic mass is 10.0. The van der Waals surface area contributed by atoms with Gasteiger partial charge in [0.2, 0.25) is 0 Å². The maximum Gasteiger partial charge on any atom is 0.153 e. The van der Waals surface area contributed by atoms with E-state index < -0.39 is 0 Å². The molecule has 15 heavy (non-hydrogen) atoms. The van der Waals surface area contributed by atoms with Gasteiger partial charge in [0.25, 0.3) is 0 Å². The highest BCUT2D eigenvalue weighted by atomic mass is 79.9. The summed E-state index contributed by atoms with van der Waals surface area (Å²) in [7, 11) is 0. The van der Waals surface area contributed by atoms with Crippen LogP contribution in [0.2, 0.25) is 0 Å². The van der Waals surface area contributed by atoms with E-state index in [0.29, 0.717) is 5.82 Å². The number of hydrogen-bond acceptors (Lipinski definition) is 2. The Labute approximate surface area is 96.8 Å². The standard InChI is InChI=1S/C11H12BrN3/c1-2-9-10(11(13)15-14-9)7-3-5-8(12)6-4-7/h3-6H,2H2,1H3,(H3,13,14,15). The van der Waals surface area contributed by atoms with Crippen molar-refractivity contribution in [2.45, 2.75) is 13.3 Å². The van der Waals surface area contributed by atoms with E-state index in [9.17, 15) is 0 Å². The molecule has 1 aromatic carbocycles. The average molecular weight is 266 g/mol. The van der Waals surface area contributed by atoms with E-state index in [4.69, 9.17) is 5.73 Å². The van der Waals surface area contributed by atoms with Crippen molar-refractivity contribution in [1.82, 2.24) is 10.2 Å². The molecule has 1 heterocycles. The van der Waals surface area contributed by atoms with Crippen LogP contribution >= 0.6 is 15.9 Å². The summed E-state index contributed by atoms with van der Waals surface area (Å²) in [6, 6.07) is 8.07. The Balaban J connectivity index is 2.52. The summed E-state index contributed by atoms with van der Waals surface area (Å²) in [5.41, 5.74) is 9.03. The molecule has 1 aromatic heterocycles. The molecule has 0 amide bonds. The monoisotopic (exact) mass is 265 g/mol. The summed E-state index contributed by atoms with van der Waals surface area (Å²) >= 11 is 3.41. The van der Waals surface area contributed by atoms with Gasteiger partial charge in [0.1, 0.15) is 0 Å². The average Bonchev–Trinajstić information content (AvgIpc) is 2.61. The van der Waals surface area contributed by atoms with Gasteiger partial charge in [-0.3, -0.25) is 5.10 Å². The van der Waals surface area contributed by atoms with Crippen LogP contribution in [-0.4, -0.2) is 10.2 Å². The molecule has 0 aliphatic heterocycles. The third kappa shape index (κ3) is 1.90. The van der Waals surface area contributed by atoms with Gasteiger partial charge >= 0.3 is 0 Å². The molecule has 2 rings (SSSR count). The smallest absolute Gasteiger partial charge is 0.153 e. The van der Waals surface area contributed by atoms with E-state index in [2.05, 4.69) is 33.1 Å². The molecule has 0 spiro atoms. The molecule has 0 fully saturated rings. The maximum absolute atomic E-state index is 5.83. The van der Waals surface area contributed by atoms with Gasteiger partial charge in [-0.25, -0.2) is 0 Å². The summed E-state index contributed by atoms with van der Waals surface area (Å²) < 4.78 is 1.06. The predicted molar refractivity (Wildman–Crippen MR) is 65.5 cm³/mol. The van der Waals surface area contributed by atoms with E-state index >= 15 is 0 Å². The van der Waals surface area contributed by atoms with Gasteiger partial charge in [0.15, 0.2) is 5.82 Å². The summed E-state index contributed by atoms with van der Waals surface area (Å²) in [6.07, 6.45) is 0.898. The molecule has 3 N–H and O–H groups in total. The van der Waals surface area contributed by atoms with Crippen LogP contribution in [0.15, 0.2) is 28.7 Å². The van der Waals surface area contributed by atoms with Crippen LogP contribution in [0.5, 0.6) is 0 Å². The number of H-pyrrole nitrogens is 1. The van der Waals surface area contributed by atoms with Crippen molar-refractivity contribution < 1.29 is 0 Å². The number of nitrogen functional groups attached to an aromatic ring is 1. The molecule has 0 radical (unpaired) electrons. The fourth-order valence-electron chi connectivity index (χ4n) is 1.59. The number of aryl methyl sites for hydroxylation is 1. The van der Waals surface area contributed by atoms with Crippen molar-refractivity contribution in [3.63, 3.8) is 0 Å². The highest BCUT2D eigenvalue weighted by Gasteiger charge is 2.10. The largest absolute Gasteiger partial charge is 0.382 e. The first-order valence-corrected chi connectivity index (χ1v) is 5.60. The quantitative estimate of drug-likeness (QED) is 0.877. The molecule has 0 unspecified atom stereocenters. The second-order valence-electron chi connectivity index (χ2n) is 3.32. The molecule has 2 aromatic rings. The van der Waals surface area contributed by atoms with Gasteiger partial charge in [0, 0.05) is 15.7 Å². The van der Waals surface area contributed by atoms with Crippen molar-refractivity contribution in [3.05, 3.63) is 34.4 Å². The molecule has 0 atom stereocenters. The number of nitrogens with two attached hydrogens (primary N) is 1. The number of rotatable bonds is 2. The predicted octanol–water partition coefficient (Wildman–Crippen LogP) is 2.98. The van der Waals surface area contributed by atoms with E-state index in [1.165, 1.54) is 0 Å². The Hall–Kier alpha value is -1.29. The van der Waals surface area contributed by atoms with Gasteiger partial charge in [-0.1, -0.05) is 35.0 Å². The van der Waals surface area contributed by atoms with Crippen LogP contribution in [-0.2, 0) is 6.42 Å². The number of aromatic amines is 1. The second kappa shape index (κ2) is 4.06. The molecule has 0 aliphatic rings. The number of anilines is 1. The molecule has 0 saturated heterocycles. The minimum atomic E-state index is 0.564. The number of nitrogens with one attached hydrogen (secondary N) is 1. The molecule has 0 aliphatic carbocycles. The van der Waals surface area contributed by atoms with Crippen LogP contribution < -0.4 is 5.73 Å². The minimum Gasteiger partial charge on any atom is -0.382 e. The van der Waals surface area contributed by atoms with Crippen LogP contribution in [0.1, 0.15) is 12.6 Å². The third-order valence-electron chi connectivity index (χ3n) is 2.36. The lowest BCUT2D eigenvalue weighted by Crippen LogP contribution is -1.89. The highest BCUT2D eigenvalue weighted by Crippen LogP contribution is 2.29. The number of aromatic nitrogens is 2. The first-order chi connectivity index (χ1) is 7.22. The zero-order valence-electron chi connectivity index (χ0n) is 8.42. The Morgan fingerprint density at radius 2 is 2.00 bits per heavy atom. The Morgan fingerprint density at radius 3 is 2.60 bits per heavy atom. The van der Waals surface area contributed by atoms with Gasteiger partial charge in [0.05, 0.1) is 0 Å². The lowest BCUT2D eigenvalue weighted by Gasteiger charge is -2.02. The van der Waals surface area contributed by atoms with Crippen LogP contribution in [0.25, 0.3) is 11.1 Å². The van der Waals surface area contributed by atoms with Crippen molar-refractivity contribution in [2.24, 2.45) is 0 Å². The van der Waals surface area contributed by atoms with Crippen molar-refractivity contribution >= 4 is 21.7 Å². The van der Waals surface area contributed by atoms with Crippen molar-refractivity contribution in [1.29, 1.82) is 0 Å². The topological polar surface area (TPSA) is 54.7 Å². The molecular weight excluding hydrogens is 254 g/mol. The van der Waals surface area contributed by atoms with Crippen molar-refractivity contribution in [3.8, 4) is 11.1 Å². The van der Waals surface area contributed by atoms with Crippen molar-refractivity contribution in [2.75, 3.05) is 5.73 Å². The molecule has 4 heteroatoms. The molecule has 0 saturated carbocycles. The van der Waals surface area contributed by atoms with Gasteiger partial charge in [-0.05, 0) is 24.1 Å². The second-order valence-corrected chi connectivity index (χ2v) is 4.24. The zero-order valence-corrected chi connectivity index (χ0v) is 10.0. The van der Waals surface area contributed by atoms with Crippen LogP contribution in [0.3, 0.4) is 0 Å². The Kier molecular flexibility index (Phi) is 2.77. The highest BCUT2D eigenvalue weighted by molar-refractivity contribution is 9.10. The first-order valence-electron chi connectivity index (χ1n) is 4.81. The minimum absolute atomic E-state index is 0.564. The van der Waals surface area contributed by atoms with E-state index in [0.717, 1.165) is 27.7 Å². The molecule has 78 valence electrons. The third-order valence-corrected chi connectivity index (χ3v) is 2.88. The summed E-state index contributed by atoms with van der Waals surface area (Å²) in [5, 5.41) is 6.98. The Morgan fingerprint density at radius 1 is 1.33 bits per heavy atom. The summed E-state index contributed by atoms with van der Waals surface area (Å²) in [6.45, 7) is 2.08. The number of nitrogens with zero attached hydrogens (tertiary/aromatic N) is 1.